The molecule has 0 bridgehead atoms. The number of aromatic nitrogens is 2. The third-order valence-electron chi connectivity index (χ3n) is 4.37. The van der Waals surface area contributed by atoms with Crippen molar-refractivity contribution in [2.45, 2.75) is 26.8 Å². The van der Waals surface area contributed by atoms with Gasteiger partial charge in [-0.05, 0) is 43.5 Å². The van der Waals surface area contributed by atoms with Crippen molar-refractivity contribution < 1.29 is 4.79 Å². The van der Waals surface area contributed by atoms with Crippen LogP contribution in [0.2, 0.25) is 0 Å². The van der Waals surface area contributed by atoms with Crippen LogP contribution in [-0.2, 0) is 13.0 Å². The molecule has 0 spiro atoms. The van der Waals surface area contributed by atoms with Crippen molar-refractivity contribution in [3.8, 4) is 0 Å². The summed E-state index contributed by atoms with van der Waals surface area (Å²) in [6.07, 6.45) is 1.01. The lowest BCUT2D eigenvalue weighted by atomic mass is 10.00. The molecule has 1 aromatic heterocycles. The summed E-state index contributed by atoms with van der Waals surface area (Å²) in [6.45, 7) is 7.06. The van der Waals surface area contributed by atoms with Crippen LogP contribution in [0.25, 0.3) is 0 Å². The lowest BCUT2D eigenvalue weighted by Gasteiger charge is -2.29. The largest absolute Gasteiger partial charge is 0.350 e. The van der Waals surface area contributed by atoms with Crippen molar-refractivity contribution in [1.29, 1.82) is 0 Å². The van der Waals surface area contributed by atoms with Crippen molar-refractivity contribution in [1.82, 2.24) is 15.1 Å². The standard InChI is InChI=1S/C18H22N4O/c1-3-21(4-2)18(23)16-9-10-17(20-19-16)22-12-11-14-7-5-6-8-15(14)13-22/h5-10H,3-4,11-13H2,1-2H3. The lowest BCUT2D eigenvalue weighted by Crippen LogP contribution is -2.33. The molecule has 0 saturated heterocycles. The molecule has 1 aliphatic heterocycles. The second-order valence-electron chi connectivity index (χ2n) is 5.69. The monoisotopic (exact) mass is 310 g/mol. The van der Waals surface area contributed by atoms with Crippen molar-refractivity contribution in [2.75, 3.05) is 24.5 Å². The highest BCUT2D eigenvalue weighted by molar-refractivity contribution is 5.92. The van der Waals surface area contributed by atoms with Crippen molar-refractivity contribution >= 4 is 11.7 Å². The van der Waals surface area contributed by atoms with Gasteiger partial charge >= 0.3 is 0 Å². The van der Waals surface area contributed by atoms with Gasteiger partial charge in [-0.2, -0.15) is 0 Å². The fraction of sp³-hybridized carbons (Fsp3) is 0.389. The Morgan fingerprint density at radius 1 is 1.09 bits per heavy atom. The number of hydrogen-bond donors (Lipinski definition) is 0. The van der Waals surface area contributed by atoms with Gasteiger partial charge in [0.2, 0.25) is 0 Å². The number of carbonyl (C=O) groups excluding carboxylic acids is 1. The molecule has 2 aromatic rings. The summed E-state index contributed by atoms with van der Waals surface area (Å²) in [5, 5.41) is 8.42. The van der Waals surface area contributed by atoms with Crippen molar-refractivity contribution in [3.05, 3.63) is 53.2 Å². The molecule has 0 atom stereocenters. The van der Waals surface area contributed by atoms with E-state index in [0.717, 1.165) is 25.3 Å². The number of fused-ring (bicyclic) bond motifs is 1. The number of rotatable bonds is 4. The summed E-state index contributed by atoms with van der Waals surface area (Å²) < 4.78 is 0. The van der Waals surface area contributed by atoms with Crippen LogP contribution in [0.1, 0.15) is 35.5 Å². The van der Waals surface area contributed by atoms with Gasteiger partial charge in [0.1, 0.15) is 0 Å². The van der Waals surface area contributed by atoms with Crippen LogP contribution < -0.4 is 4.90 Å². The summed E-state index contributed by atoms with van der Waals surface area (Å²) in [5.41, 5.74) is 3.16. The molecule has 0 aliphatic carbocycles. The lowest BCUT2D eigenvalue weighted by molar-refractivity contribution is 0.0766. The molecule has 0 N–H and O–H groups in total. The Morgan fingerprint density at radius 2 is 1.83 bits per heavy atom. The first-order valence-electron chi connectivity index (χ1n) is 8.17. The predicted octanol–water partition coefficient (Wildman–Crippen LogP) is 2.52. The topological polar surface area (TPSA) is 49.3 Å². The highest BCUT2D eigenvalue weighted by atomic mass is 16.2. The second kappa shape index (κ2) is 6.77. The van der Waals surface area contributed by atoms with E-state index in [1.54, 1.807) is 11.0 Å². The predicted molar refractivity (Wildman–Crippen MR) is 90.5 cm³/mol. The molecule has 1 amide bonds. The minimum atomic E-state index is -0.0574. The zero-order chi connectivity index (χ0) is 16.2. The molecule has 1 aliphatic rings. The Bertz CT molecular complexity index is 680. The molecule has 0 radical (unpaired) electrons. The van der Waals surface area contributed by atoms with Gasteiger partial charge in [0, 0.05) is 26.2 Å². The van der Waals surface area contributed by atoms with E-state index in [2.05, 4.69) is 39.4 Å². The minimum Gasteiger partial charge on any atom is -0.350 e. The van der Waals surface area contributed by atoms with Crippen LogP contribution in [-0.4, -0.2) is 40.6 Å². The molecule has 5 heteroatoms. The molecule has 0 saturated carbocycles. The van der Waals surface area contributed by atoms with E-state index < -0.39 is 0 Å². The number of carbonyl (C=O) groups is 1. The normalized spacial score (nSPS) is 13.6. The van der Waals surface area contributed by atoms with Gasteiger partial charge in [0.25, 0.3) is 5.91 Å². The maximum atomic E-state index is 12.3. The molecule has 23 heavy (non-hydrogen) atoms. The van der Waals surface area contributed by atoms with Crippen molar-refractivity contribution in [2.24, 2.45) is 0 Å². The van der Waals surface area contributed by atoms with E-state index in [-0.39, 0.29) is 5.91 Å². The Labute approximate surface area is 136 Å². The summed E-state index contributed by atoms with van der Waals surface area (Å²) in [4.78, 5) is 16.2. The third-order valence-corrected chi connectivity index (χ3v) is 4.37. The van der Waals surface area contributed by atoms with Gasteiger partial charge < -0.3 is 9.80 Å². The first-order chi connectivity index (χ1) is 11.2. The van der Waals surface area contributed by atoms with Crippen LogP contribution in [0, 0.1) is 0 Å². The molecule has 0 unspecified atom stereocenters. The summed E-state index contributed by atoms with van der Waals surface area (Å²) in [6, 6.07) is 12.2. The quantitative estimate of drug-likeness (QED) is 0.871. The average Bonchev–Trinajstić information content (AvgIpc) is 2.62. The third kappa shape index (κ3) is 3.18. The van der Waals surface area contributed by atoms with Gasteiger partial charge in [0.05, 0.1) is 0 Å². The molecule has 3 rings (SSSR count). The average molecular weight is 310 g/mol. The number of anilines is 1. The van der Waals surface area contributed by atoms with Gasteiger partial charge in [-0.1, -0.05) is 24.3 Å². The molecule has 0 fully saturated rings. The Balaban J connectivity index is 1.75. The molecular weight excluding hydrogens is 288 g/mol. The van der Waals surface area contributed by atoms with Crippen molar-refractivity contribution in [3.63, 3.8) is 0 Å². The maximum absolute atomic E-state index is 12.3. The smallest absolute Gasteiger partial charge is 0.274 e. The Morgan fingerprint density at radius 3 is 2.48 bits per heavy atom. The molecule has 120 valence electrons. The van der Waals surface area contributed by atoms with E-state index in [4.69, 9.17) is 0 Å². The zero-order valence-corrected chi connectivity index (χ0v) is 13.7. The first kappa shape index (κ1) is 15.5. The van der Waals surface area contributed by atoms with Gasteiger partial charge in [0.15, 0.2) is 11.5 Å². The molecular formula is C18H22N4O. The summed E-state index contributed by atoms with van der Waals surface area (Å²) in [5.74, 6) is 0.772. The van der Waals surface area contributed by atoms with E-state index in [1.165, 1.54) is 11.1 Å². The zero-order valence-electron chi connectivity index (χ0n) is 13.7. The first-order valence-corrected chi connectivity index (χ1v) is 8.17. The Kier molecular flexibility index (Phi) is 4.55. The number of amides is 1. The highest BCUT2D eigenvalue weighted by Gasteiger charge is 2.19. The number of benzene rings is 1. The summed E-state index contributed by atoms with van der Waals surface area (Å²) in [7, 11) is 0. The van der Waals surface area contributed by atoms with Crippen LogP contribution >= 0.6 is 0 Å². The van der Waals surface area contributed by atoms with Crippen LogP contribution in [0.4, 0.5) is 5.82 Å². The van der Waals surface area contributed by atoms with Gasteiger partial charge in [-0.25, -0.2) is 0 Å². The molecule has 5 nitrogen and oxygen atoms in total. The Hall–Kier alpha value is -2.43. The van der Waals surface area contributed by atoms with E-state index in [1.807, 2.05) is 19.9 Å². The number of nitrogens with zero attached hydrogens (tertiary/aromatic N) is 4. The molecule has 2 heterocycles. The maximum Gasteiger partial charge on any atom is 0.274 e. The minimum absolute atomic E-state index is 0.0574. The molecule has 1 aromatic carbocycles. The van der Waals surface area contributed by atoms with Crippen LogP contribution in [0.15, 0.2) is 36.4 Å². The fourth-order valence-electron chi connectivity index (χ4n) is 2.97. The fourth-order valence-corrected chi connectivity index (χ4v) is 2.97. The van der Waals surface area contributed by atoms with Crippen LogP contribution in [0.3, 0.4) is 0 Å². The van der Waals surface area contributed by atoms with E-state index >= 15 is 0 Å². The van der Waals surface area contributed by atoms with E-state index in [0.29, 0.717) is 18.8 Å². The second-order valence-corrected chi connectivity index (χ2v) is 5.69. The SMILES string of the molecule is CCN(CC)C(=O)c1ccc(N2CCc3ccccc3C2)nn1. The highest BCUT2D eigenvalue weighted by Crippen LogP contribution is 2.22. The summed E-state index contributed by atoms with van der Waals surface area (Å²) >= 11 is 0. The van der Waals surface area contributed by atoms with Gasteiger partial charge in [-0.3, -0.25) is 4.79 Å². The van der Waals surface area contributed by atoms with Gasteiger partial charge in [-0.15, -0.1) is 10.2 Å². The van der Waals surface area contributed by atoms with E-state index in [9.17, 15) is 4.79 Å². The number of hydrogen-bond acceptors (Lipinski definition) is 4. The van der Waals surface area contributed by atoms with Crippen LogP contribution in [0.5, 0.6) is 0 Å².